The van der Waals surface area contributed by atoms with Crippen LogP contribution >= 0.6 is 0 Å². The molecule has 1 saturated carbocycles. The van der Waals surface area contributed by atoms with Gasteiger partial charge in [-0.25, -0.2) is 22.4 Å². The molecule has 4 aromatic rings. The molecule has 0 radical (unpaired) electrons. The zero-order valence-electron chi connectivity index (χ0n) is 16.8. The first kappa shape index (κ1) is 19.3. The minimum absolute atomic E-state index is 0.217. The number of rotatable bonds is 4. The summed E-state index contributed by atoms with van der Waals surface area (Å²) in [5, 5.41) is 11.1. The number of aliphatic hydroxyl groups excluding tert-OH is 1. The average Bonchev–Trinajstić information content (AvgIpc) is 3.37. The quantitative estimate of drug-likeness (QED) is 0.531. The molecular weight excluding hydrogens is 400 g/mol. The molecule has 3 aromatic heterocycles. The van der Waals surface area contributed by atoms with Crippen molar-refractivity contribution in [3.63, 3.8) is 0 Å². The highest BCUT2D eigenvalue weighted by Crippen LogP contribution is 2.37. The zero-order chi connectivity index (χ0) is 20.9. The number of aromatic nitrogens is 4. The SMILES string of the molecule is C[C@H](O)c1nc2cnc3c(ccn3S(=O)(=O)c3ccccc3)c2n1C1CCCCC1. The van der Waals surface area contributed by atoms with Crippen molar-refractivity contribution < 1.29 is 13.5 Å². The first-order valence-electron chi connectivity index (χ1n) is 10.3. The molecule has 1 aromatic carbocycles. The second-order valence-electron chi connectivity index (χ2n) is 7.97. The van der Waals surface area contributed by atoms with E-state index in [2.05, 4.69) is 14.5 Å². The Hall–Kier alpha value is -2.71. The van der Waals surface area contributed by atoms with Gasteiger partial charge in [0.25, 0.3) is 10.0 Å². The van der Waals surface area contributed by atoms with Crippen LogP contribution < -0.4 is 0 Å². The second-order valence-corrected chi connectivity index (χ2v) is 9.78. The van der Waals surface area contributed by atoms with Crippen LogP contribution in [0.1, 0.15) is 57.0 Å². The Morgan fingerprint density at radius 1 is 1.10 bits per heavy atom. The van der Waals surface area contributed by atoms with E-state index < -0.39 is 16.1 Å². The molecule has 0 amide bonds. The van der Waals surface area contributed by atoms with Crippen molar-refractivity contribution >= 4 is 32.1 Å². The Kier molecular flexibility index (Phi) is 4.63. The smallest absolute Gasteiger partial charge is 0.269 e. The number of benzene rings is 1. The second kappa shape index (κ2) is 7.21. The van der Waals surface area contributed by atoms with Gasteiger partial charge >= 0.3 is 0 Å². The van der Waals surface area contributed by atoms with Crippen LogP contribution in [0.4, 0.5) is 0 Å². The van der Waals surface area contributed by atoms with Gasteiger partial charge in [0.2, 0.25) is 0 Å². The van der Waals surface area contributed by atoms with E-state index in [0.29, 0.717) is 17.0 Å². The molecule has 0 spiro atoms. The minimum atomic E-state index is -3.76. The molecule has 5 rings (SSSR count). The van der Waals surface area contributed by atoms with Crippen LogP contribution in [0.3, 0.4) is 0 Å². The maximum absolute atomic E-state index is 13.2. The lowest BCUT2D eigenvalue weighted by Gasteiger charge is -2.26. The number of hydrogen-bond acceptors (Lipinski definition) is 5. The molecule has 30 heavy (non-hydrogen) atoms. The van der Waals surface area contributed by atoms with Crippen molar-refractivity contribution in [2.75, 3.05) is 0 Å². The maximum Gasteiger partial charge on any atom is 0.269 e. The van der Waals surface area contributed by atoms with Crippen LogP contribution in [0.15, 0.2) is 53.7 Å². The third kappa shape index (κ3) is 2.94. The maximum atomic E-state index is 13.2. The van der Waals surface area contributed by atoms with Crippen molar-refractivity contribution in [1.82, 2.24) is 18.5 Å². The summed E-state index contributed by atoms with van der Waals surface area (Å²) in [5.41, 5.74) is 1.91. The highest BCUT2D eigenvalue weighted by atomic mass is 32.2. The third-order valence-electron chi connectivity index (χ3n) is 5.97. The minimum Gasteiger partial charge on any atom is -0.385 e. The van der Waals surface area contributed by atoms with E-state index >= 15 is 0 Å². The van der Waals surface area contributed by atoms with Crippen LogP contribution in [0.2, 0.25) is 0 Å². The van der Waals surface area contributed by atoms with E-state index in [1.165, 1.54) is 10.4 Å². The number of nitrogens with zero attached hydrogens (tertiary/aromatic N) is 4. The first-order valence-corrected chi connectivity index (χ1v) is 11.8. The third-order valence-corrected chi connectivity index (χ3v) is 7.65. The standard InChI is InChI=1S/C22H24N4O3S/c1-15(27)21-24-19-14-23-22-18(20(19)26(21)16-8-4-2-5-9-16)12-13-25(22)30(28,29)17-10-6-3-7-11-17/h3,6-7,10-16,27H,2,4-5,8-9H2,1H3/t15-/m0/s1. The lowest BCUT2D eigenvalue weighted by atomic mass is 9.95. The molecular formula is C22H24N4O3S. The van der Waals surface area contributed by atoms with Crippen LogP contribution in [0.5, 0.6) is 0 Å². The summed E-state index contributed by atoms with van der Waals surface area (Å²) < 4.78 is 29.8. The first-order chi connectivity index (χ1) is 14.5. The molecule has 1 atom stereocenters. The Bertz CT molecular complexity index is 1320. The molecule has 0 unspecified atom stereocenters. The van der Waals surface area contributed by atoms with Gasteiger partial charge < -0.3 is 9.67 Å². The zero-order valence-corrected chi connectivity index (χ0v) is 17.6. The normalized spacial score (nSPS) is 17.0. The van der Waals surface area contributed by atoms with Crippen molar-refractivity contribution in [2.45, 2.75) is 56.1 Å². The molecule has 1 fully saturated rings. The summed E-state index contributed by atoms with van der Waals surface area (Å²) in [4.78, 5) is 9.32. The number of fused-ring (bicyclic) bond motifs is 3. The largest absolute Gasteiger partial charge is 0.385 e. The summed E-state index contributed by atoms with van der Waals surface area (Å²) >= 11 is 0. The molecule has 8 heteroatoms. The number of imidazole rings is 1. The lowest BCUT2D eigenvalue weighted by molar-refractivity contribution is 0.178. The Morgan fingerprint density at radius 2 is 1.83 bits per heavy atom. The fourth-order valence-corrected chi connectivity index (χ4v) is 5.89. The van der Waals surface area contributed by atoms with E-state index in [-0.39, 0.29) is 10.9 Å². The van der Waals surface area contributed by atoms with E-state index in [4.69, 9.17) is 0 Å². The summed E-state index contributed by atoms with van der Waals surface area (Å²) in [5.74, 6) is 0.616. The average molecular weight is 425 g/mol. The van der Waals surface area contributed by atoms with E-state index in [0.717, 1.165) is 36.6 Å². The lowest BCUT2D eigenvalue weighted by Crippen LogP contribution is -2.17. The molecule has 1 N–H and O–H groups in total. The monoisotopic (exact) mass is 424 g/mol. The van der Waals surface area contributed by atoms with Crippen LogP contribution in [0.25, 0.3) is 22.1 Å². The van der Waals surface area contributed by atoms with Gasteiger partial charge in [0.1, 0.15) is 17.4 Å². The Labute approximate surface area is 175 Å². The molecule has 156 valence electrons. The van der Waals surface area contributed by atoms with Crippen molar-refractivity contribution in [3.8, 4) is 0 Å². The summed E-state index contributed by atoms with van der Waals surface area (Å²) in [7, 11) is -3.76. The van der Waals surface area contributed by atoms with Gasteiger partial charge in [-0.05, 0) is 38.0 Å². The van der Waals surface area contributed by atoms with E-state index in [1.807, 2.05) is 0 Å². The molecule has 3 heterocycles. The Balaban J connectivity index is 1.77. The number of hydrogen-bond donors (Lipinski definition) is 1. The molecule has 0 saturated heterocycles. The summed E-state index contributed by atoms with van der Waals surface area (Å²) in [6.07, 6.45) is 8.00. The number of aliphatic hydroxyl groups is 1. The summed E-state index contributed by atoms with van der Waals surface area (Å²) in [6, 6.07) is 10.4. The topological polar surface area (TPSA) is 90.0 Å². The predicted octanol–water partition coefficient (Wildman–Crippen LogP) is 4.18. The highest BCUT2D eigenvalue weighted by Gasteiger charge is 2.27. The highest BCUT2D eigenvalue weighted by molar-refractivity contribution is 7.90. The van der Waals surface area contributed by atoms with Crippen molar-refractivity contribution in [3.05, 3.63) is 54.6 Å². The van der Waals surface area contributed by atoms with E-state index in [9.17, 15) is 13.5 Å². The van der Waals surface area contributed by atoms with Crippen LogP contribution in [0, 0.1) is 0 Å². The fourth-order valence-electron chi connectivity index (χ4n) is 4.57. The molecule has 1 aliphatic carbocycles. The van der Waals surface area contributed by atoms with Crippen LogP contribution in [-0.2, 0) is 10.0 Å². The van der Waals surface area contributed by atoms with Gasteiger partial charge in [-0.1, -0.05) is 37.5 Å². The fraction of sp³-hybridized carbons (Fsp3) is 0.364. The van der Waals surface area contributed by atoms with Gasteiger partial charge in [-0.15, -0.1) is 0 Å². The molecule has 7 nitrogen and oxygen atoms in total. The van der Waals surface area contributed by atoms with Crippen molar-refractivity contribution in [1.29, 1.82) is 0 Å². The number of pyridine rings is 1. The predicted molar refractivity (Wildman–Crippen MR) is 115 cm³/mol. The van der Waals surface area contributed by atoms with E-state index in [1.54, 1.807) is 55.7 Å². The summed E-state index contributed by atoms with van der Waals surface area (Å²) in [6.45, 7) is 1.72. The van der Waals surface area contributed by atoms with Gasteiger partial charge in [0.05, 0.1) is 16.6 Å². The van der Waals surface area contributed by atoms with Crippen molar-refractivity contribution in [2.24, 2.45) is 0 Å². The Morgan fingerprint density at radius 3 is 2.53 bits per heavy atom. The van der Waals surface area contributed by atoms with Gasteiger partial charge in [-0.2, -0.15) is 0 Å². The van der Waals surface area contributed by atoms with Gasteiger partial charge in [-0.3, -0.25) is 0 Å². The van der Waals surface area contributed by atoms with Crippen LogP contribution in [-0.4, -0.2) is 32.0 Å². The molecule has 1 aliphatic rings. The molecule has 0 bridgehead atoms. The van der Waals surface area contributed by atoms with Gasteiger partial charge in [0, 0.05) is 17.6 Å². The van der Waals surface area contributed by atoms with Gasteiger partial charge in [0.15, 0.2) is 5.65 Å². The molecule has 0 aliphatic heterocycles.